The Labute approximate surface area is 175 Å². The molecular formula is C25H35FN2O. The second kappa shape index (κ2) is 11.3. The summed E-state index contributed by atoms with van der Waals surface area (Å²) in [4.78, 5) is 0. The summed E-state index contributed by atoms with van der Waals surface area (Å²) in [7, 11) is 0. The summed E-state index contributed by atoms with van der Waals surface area (Å²) in [5.41, 5.74) is 2.05. The summed E-state index contributed by atoms with van der Waals surface area (Å²) in [6, 6.07) is 8.82. The first-order chi connectivity index (χ1) is 14.2. The van der Waals surface area contributed by atoms with Crippen LogP contribution in [0, 0.1) is 17.7 Å². The third-order valence-corrected chi connectivity index (χ3v) is 6.15. The van der Waals surface area contributed by atoms with Gasteiger partial charge in [0.15, 0.2) is 0 Å². The van der Waals surface area contributed by atoms with E-state index in [4.69, 9.17) is 4.74 Å². The third-order valence-electron chi connectivity index (χ3n) is 6.15. The number of aromatic nitrogens is 2. The molecule has 0 saturated heterocycles. The molecule has 1 aliphatic carbocycles. The van der Waals surface area contributed by atoms with Crippen molar-refractivity contribution in [3.8, 4) is 17.0 Å². The molecule has 0 N–H and O–H groups in total. The maximum atomic E-state index is 14.4. The Kier molecular flexibility index (Phi) is 8.45. The van der Waals surface area contributed by atoms with E-state index in [-0.39, 0.29) is 5.82 Å². The van der Waals surface area contributed by atoms with Gasteiger partial charge in [0.25, 0.3) is 0 Å². The average Bonchev–Trinajstić information content (AvgIpc) is 2.76. The molecule has 1 aliphatic rings. The van der Waals surface area contributed by atoms with Crippen molar-refractivity contribution in [2.24, 2.45) is 11.8 Å². The molecule has 0 atom stereocenters. The van der Waals surface area contributed by atoms with E-state index < -0.39 is 0 Å². The number of unbranched alkanes of at least 4 members (excludes halogenated alkanes) is 1. The first-order valence-electron chi connectivity index (χ1n) is 11.4. The molecule has 1 fully saturated rings. The van der Waals surface area contributed by atoms with Crippen molar-refractivity contribution >= 4 is 0 Å². The molecule has 1 aromatic carbocycles. The van der Waals surface area contributed by atoms with Crippen LogP contribution in [0.4, 0.5) is 4.39 Å². The van der Waals surface area contributed by atoms with E-state index in [1.807, 2.05) is 19.1 Å². The van der Waals surface area contributed by atoms with Gasteiger partial charge in [-0.1, -0.05) is 58.8 Å². The quantitative estimate of drug-likeness (QED) is 0.432. The first kappa shape index (κ1) is 21.7. The zero-order valence-electron chi connectivity index (χ0n) is 18.0. The van der Waals surface area contributed by atoms with Gasteiger partial charge in [0.2, 0.25) is 0 Å². The number of hydrogen-bond acceptors (Lipinski definition) is 3. The molecule has 4 heteroatoms. The van der Waals surface area contributed by atoms with Crippen molar-refractivity contribution in [1.82, 2.24) is 10.2 Å². The number of benzene rings is 1. The van der Waals surface area contributed by atoms with Gasteiger partial charge in [0.1, 0.15) is 11.6 Å². The van der Waals surface area contributed by atoms with E-state index in [0.29, 0.717) is 23.6 Å². The zero-order valence-corrected chi connectivity index (χ0v) is 18.0. The van der Waals surface area contributed by atoms with E-state index in [2.05, 4.69) is 17.1 Å². The Bertz CT molecular complexity index is 739. The number of ether oxygens (including phenoxy) is 1. The number of aryl methyl sites for hydroxylation is 1. The van der Waals surface area contributed by atoms with Crippen molar-refractivity contribution in [2.75, 3.05) is 6.61 Å². The Balaban J connectivity index is 1.49. The van der Waals surface area contributed by atoms with Crippen LogP contribution >= 0.6 is 0 Å². The summed E-state index contributed by atoms with van der Waals surface area (Å²) in [5.74, 6) is 2.02. The minimum atomic E-state index is -0.319. The lowest BCUT2D eigenvalue weighted by Crippen LogP contribution is -2.15. The highest BCUT2D eigenvalue weighted by molar-refractivity contribution is 5.60. The van der Waals surface area contributed by atoms with Crippen LogP contribution in [0.5, 0.6) is 5.75 Å². The Morgan fingerprint density at radius 3 is 2.31 bits per heavy atom. The van der Waals surface area contributed by atoms with Gasteiger partial charge in [-0.3, -0.25) is 0 Å². The molecule has 0 aliphatic heterocycles. The molecule has 0 bridgehead atoms. The van der Waals surface area contributed by atoms with Crippen LogP contribution in [0.2, 0.25) is 0 Å². The average molecular weight is 399 g/mol. The van der Waals surface area contributed by atoms with Gasteiger partial charge in [0, 0.05) is 11.6 Å². The number of nitrogens with zero attached hydrogens (tertiary/aromatic N) is 2. The Hall–Kier alpha value is -1.97. The molecule has 2 aromatic rings. The SMILES string of the molecule is CCCCC1CCC(CCc2ccc(-c3ccc(OCCC)cc3F)nn2)CC1. The fraction of sp³-hybridized carbons (Fsp3) is 0.600. The van der Waals surface area contributed by atoms with E-state index in [1.54, 1.807) is 12.1 Å². The smallest absolute Gasteiger partial charge is 0.136 e. The van der Waals surface area contributed by atoms with Crippen LogP contribution in [-0.4, -0.2) is 16.8 Å². The second-order valence-corrected chi connectivity index (χ2v) is 8.47. The minimum absolute atomic E-state index is 0.319. The van der Waals surface area contributed by atoms with Crippen molar-refractivity contribution in [3.05, 3.63) is 41.8 Å². The summed E-state index contributed by atoms with van der Waals surface area (Å²) in [5, 5.41) is 8.64. The van der Waals surface area contributed by atoms with Gasteiger partial charge in [-0.05, 0) is 55.4 Å². The van der Waals surface area contributed by atoms with Crippen molar-refractivity contribution < 1.29 is 9.13 Å². The third kappa shape index (κ3) is 6.52. The molecule has 1 aromatic heterocycles. The number of hydrogen-bond donors (Lipinski definition) is 0. The minimum Gasteiger partial charge on any atom is -0.494 e. The molecule has 29 heavy (non-hydrogen) atoms. The predicted molar refractivity (Wildman–Crippen MR) is 117 cm³/mol. The summed E-state index contributed by atoms with van der Waals surface area (Å²) in [6.07, 6.45) is 12.7. The highest BCUT2D eigenvalue weighted by Gasteiger charge is 2.20. The summed E-state index contributed by atoms with van der Waals surface area (Å²) < 4.78 is 19.9. The largest absolute Gasteiger partial charge is 0.494 e. The molecule has 1 heterocycles. The molecule has 3 nitrogen and oxygen atoms in total. The lowest BCUT2D eigenvalue weighted by atomic mass is 9.78. The zero-order chi connectivity index (χ0) is 20.5. The lowest BCUT2D eigenvalue weighted by Gasteiger charge is -2.28. The molecule has 1 saturated carbocycles. The number of rotatable bonds is 10. The molecule has 0 amide bonds. The monoisotopic (exact) mass is 398 g/mol. The fourth-order valence-electron chi connectivity index (χ4n) is 4.30. The highest BCUT2D eigenvalue weighted by Crippen LogP contribution is 2.34. The maximum absolute atomic E-state index is 14.4. The van der Waals surface area contributed by atoms with Crippen LogP contribution in [-0.2, 0) is 6.42 Å². The molecule has 3 rings (SSSR count). The normalized spacial score (nSPS) is 19.3. The van der Waals surface area contributed by atoms with Crippen LogP contribution in [0.25, 0.3) is 11.3 Å². The van der Waals surface area contributed by atoms with Gasteiger partial charge in [-0.2, -0.15) is 10.2 Å². The van der Waals surface area contributed by atoms with Crippen molar-refractivity contribution in [3.63, 3.8) is 0 Å². The highest BCUT2D eigenvalue weighted by atomic mass is 19.1. The second-order valence-electron chi connectivity index (χ2n) is 8.47. The molecule has 0 spiro atoms. The van der Waals surface area contributed by atoms with Gasteiger partial charge in [0.05, 0.1) is 18.0 Å². The fourth-order valence-corrected chi connectivity index (χ4v) is 4.30. The molecule has 0 unspecified atom stereocenters. The molecule has 158 valence electrons. The van der Waals surface area contributed by atoms with Gasteiger partial charge in [-0.25, -0.2) is 4.39 Å². The summed E-state index contributed by atoms with van der Waals surface area (Å²) in [6.45, 7) is 4.90. The molecular weight excluding hydrogens is 363 g/mol. The first-order valence-corrected chi connectivity index (χ1v) is 11.4. The topological polar surface area (TPSA) is 35.0 Å². The van der Waals surface area contributed by atoms with Crippen molar-refractivity contribution in [2.45, 2.75) is 78.1 Å². The van der Waals surface area contributed by atoms with Crippen LogP contribution < -0.4 is 4.74 Å². The number of halogens is 1. The van der Waals surface area contributed by atoms with Gasteiger partial charge < -0.3 is 4.74 Å². The molecule has 0 radical (unpaired) electrons. The van der Waals surface area contributed by atoms with Crippen LogP contribution in [0.3, 0.4) is 0 Å². The van der Waals surface area contributed by atoms with Gasteiger partial charge >= 0.3 is 0 Å². The van der Waals surface area contributed by atoms with E-state index in [9.17, 15) is 4.39 Å². The lowest BCUT2D eigenvalue weighted by molar-refractivity contribution is 0.249. The van der Waals surface area contributed by atoms with Crippen molar-refractivity contribution in [1.29, 1.82) is 0 Å². The van der Waals surface area contributed by atoms with Gasteiger partial charge in [-0.15, -0.1) is 0 Å². The predicted octanol–water partition coefficient (Wildman–Crippen LogP) is 7.00. The Morgan fingerprint density at radius 1 is 0.931 bits per heavy atom. The van der Waals surface area contributed by atoms with Crippen LogP contribution in [0.1, 0.15) is 77.3 Å². The summed E-state index contributed by atoms with van der Waals surface area (Å²) >= 11 is 0. The maximum Gasteiger partial charge on any atom is 0.136 e. The van der Waals surface area contributed by atoms with E-state index >= 15 is 0 Å². The standard InChI is InChI=1S/C25H35FN2O/c1-3-5-6-19-7-9-20(10-8-19)11-12-21-13-16-25(28-27-21)23-15-14-22(18-24(23)26)29-17-4-2/h13-16,18-20H,3-12,17H2,1-2H3. The van der Waals surface area contributed by atoms with E-state index in [1.165, 1.54) is 57.4 Å². The van der Waals surface area contributed by atoms with E-state index in [0.717, 1.165) is 30.4 Å². The van der Waals surface area contributed by atoms with Crippen LogP contribution in [0.15, 0.2) is 30.3 Å². The Morgan fingerprint density at radius 2 is 1.69 bits per heavy atom.